The molecule has 33 heavy (non-hydrogen) atoms. The van der Waals surface area contributed by atoms with Crippen LogP contribution in [0.5, 0.6) is 11.5 Å². The Kier molecular flexibility index (Phi) is 6.58. The molecule has 7 nitrogen and oxygen atoms in total. The highest BCUT2D eigenvalue weighted by molar-refractivity contribution is 7.92. The van der Waals surface area contributed by atoms with Gasteiger partial charge < -0.3 is 9.47 Å². The van der Waals surface area contributed by atoms with Crippen molar-refractivity contribution in [1.82, 2.24) is 4.57 Å². The van der Waals surface area contributed by atoms with E-state index in [0.717, 1.165) is 16.9 Å². The molecule has 0 saturated heterocycles. The van der Waals surface area contributed by atoms with Crippen molar-refractivity contribution in [3.8, 4) is 11.5 Å². The van der Waals surface area contributed by atoms with Gasteiger partial charge in [-0.05, 0) is 29.8 Å². The Labute approximate surface area is 204 Å². The van der Waals surface area contributed by atoms with Crippen molar-refractivity contribution in [2.45, 2.75) is 11.4 Å². The lowest BCUT2D eigenvalue weighted by Crippen LogP contribution is -2.14. The zero-order chi connectivity index (χ0) is 23.8. The molecule has 0 amide bonds. The summed E-state index contributed by atoms with van der Waals surface area (Å²) in [5.74, 6) is 0.529. The van der Waals surface area contributed by atoms with Gasteiger partial charge in [0.15, 0.2) is 0 Å². The predicted molar refractivity (Wildman–Crippen MR) is 132 cm³/mol. The van der Waals surface area contributed by atoms with Gasteiger partial charge in [-0.25, -0.2) is 8.42 Å². The molecule has 0 aliphatic heterocycles. The molecule has 0 aliphatic carbocycles. The number of benzene rings is 3. The monoisotopic (exact) mass is 524 g/mol. The van der Waals surface area contributed by atoms with Gasteiger partial charge in [-0.15, -0.1) is 0 Å². The van der Waals surface area contributed by atoms with E-state index in [4.69, 9.17) is 32.7 Å². The van der Waals surface area contributed by atoms with Crippen LogP contribution in [0.2, 0.25) is 10.0 Å². The number of anilines is 1. The number of fused-ring (bicyclic) bond motifs is 1. The first-order valence-electron chi connectivity index (χ1n) is 9.54. The minimum Gasteiger partial charge on any atom is -0.495 e. The fourth-order valence-corrected chi connectivity index (χ4v) is 5.82. The van der Waals surface area contributed by atoms with Crippen molar-refractivity contribution in [3.63, 3.8) is 0 Å². The van der Waals surface area contributed by atoms with Crippen molar-refractivity contribution < 1.29 is 17.9 Å². The Hall–Kier alpha value is -2.72. The number of hydrogen-bond acceptors (Lipinski definition) is 6. The lowest BCUT2D eigenvalue weighted by Gasteiger charge is -2.14. The first kappa shape index (κ1) is 23.4. The quantitative estimate of drug-likeness (QED) is 0.357. The van der Waals surface area contributed by atoms with Gasteiger partial charge in [0.25, 0.3) is 10.0 Å². The number of nitrogens with zero attached hydrogens (tertiary/aromatic N) is 1. The highest BCUT2D eigenvalue weighted by atomic mass is 35.5. The number of hydrogen-bond donors (Lipinski definition) is 1. The van der Waals surface area contributed by atoms with E-state index in [2.05, 4.69) is 4.72 Å². The highest BCUT2D eigenvalue weighted by Gasteiger charge is 2.20. The minimum absolute atomic E-state index is 0.00267. The van der Waals surface area contributed by atoms with Gasteiger partial charge in [0.05, 0.1) is 46.6 Å². The molecule has 1 N–H and O–H groups in total. The van der Waals surface area contributed by atoms with Crippen LogP contribution in [0.4, 0.5) is 5.69 Å². The Morgan fingerprint density at radius 1 is 0.970 bits per heavy atom. The predicted octanol–water partition coefficient (Wildman–Crippen LogP) is 5.24. The van der Waals surface area contributed by atoms with Gasteiger partial charge in [0.1, 0.15) is 11.5 Å². The van der Waals surface area contributed by atoms with E-state index in [-0.39, 0.29) is 32.8 Å². The first-order valence-corrected chi connectivity index (χ1v) is 12.6. The third kappa shape index (κ3) is 4.67. The molecule has 4 aromatic rings. The highest BCUT2D eigenvalue weighted by Crippen LogP contribution is 2.37. The summed E-state index contributed by atoms with van der Waals surface area (Å²) >= 11 is 13.3. The van der Waals surface area contributed by atoms with Crippen LogP contribution < -0.4 is 19.1 Å². The molecule has 1 heterocycles. The summed E-state index contributed by atoms with van der Waals surface area (Å²) in [7, 11) is -1.17. The molecule has 0 saturated carbocycles. The number of halogens is 2. The van der Waals surface area contributed by atoms with Gasteiger partial charge in [-0.2, -0.15) is 0 Å². The van der Waals surface area contributed by atoms with Crippen molar-refractivity contribution in [3.05, 3.63) is 79.9 Å². The van der Waals surface area contributed by atoms with Crippen LogP contribution in [0.1, 0.15) is 5.56 Å². The Morgan fingerprint density at radius 3 is 2.39 bits per heavy atom. The van der Waals surface area contributed by atoms with Gasteiger partial charge in [-0.3, -0.25) is 14.1 Å². The van der Waals surface area contributed by atoms with E-state index >= 15 is 0 Å². The number of rotatable bonds is 7. The molecular formula is C22H18Cl2N2O5S2. The second-order valence-electron chi connectivity index (χ2n) is 6.97. The second kappa shape index (κ2) is 9.26. The SMILES string of the molecule is COc1cc(NS(=O)(=O)c2ccc3c(c2)sc(=O)n3Cc2ccccc2Cl)c(OC)cc1Cl. The average Bonchev–Trinajstić information content (AvgIpc) is 3.10. The normalized spacial score (nSPS) is 11.5. The Bertz CT molecular complexity index is 1510. The molecule has 3 aromatic carbocycles. The van der Waals surface area contributed by atoms with Gasteiger partial charge in [0.2, 0.25) is 0 Å². The third-order valence-corrected chi connectivity index (χ3v) is 7.92. The van der Waals surface area contributed by atoms with Crippen molar-refractivity contribution in [1.29, 1.82) is 0 Å². The van der Waals surface area contributed by atoms with Crippen LogP contribution in [-0.2, 0) is 16.6 Å². The number of methoxy groups -OCH3 is 2. The van der Waals surface area contributed by atoms with Crippen LogP contribution in [0.3, 0.4) is 0 Å². The molecule has 172 valence electrons. The number of sulfonamides is 1. The molecule has 1 aromatic heterocycles. The maximum atomic E-state index is 13.1. The summed E-state index contributed by atoms with van der Waals surface area (Å²) in [6, 6.07) is 14.7. The molecule has 0 radical (unpaired) electrons. The van der Waals surface area contributed by atoms with E-state index in [1.54, 1.807) is 16.7 Å². The van der Waals surface area contributed by atoms with Crippen molar-refractivity contribution in [2.24, 2.45) is 0 Å². The fraction of sp³-hybridized carbons (Fsp3) is 0.136. The van der Waals surface area contributed by atoms with Crippen LogP contribution >= 0.6 is 34.5 Å². The van der Waals surface area contributed by atoms with Gasteiger partial charge in [0, 0.05) is 17.2 Å². The molecule has 0 spiro atoms. The van der Waals surface area contributed by atoms with Crippen LogP contribution in [0.15, 0.2) is 64.3 Å². The summed E-state index contributed by atoms with van der Waals surface area (Å²) in [5, 5.41) is 0.836. The summed E-state index contributed by atoms with van der Waals surface area (Å²) in [6.45, 7) is 0.282. The zero-order valence-electron chi connectivity index (χ0n) is 17.5. The Morgan fingerprint density at radius 2 is 1.70 bits per heavy atom. The maximum absolute atomic E-state index is 13.1. The first-order chi connectivity index (χ1) is 15.7. The van der Waals surface area contributed by atoms with Crippen LogP contribution in [-0.4, -0.2) is 27.2 Å². The fourth-order valence-electron chi connectivity index (χ4n) is 3.30. The molecule has 11 heteroatoms. The van der Waals surface area contributed by atoms with Gasteiger partial charge in [-0.1, -0.05) is 52.7 Å². The topological polar surface area (TPSA) is 86.6 Å². The molecule has 0 unspecified atom stereocenters. The maximum Gasteiger partial charge on any atom is 0.308 e. The lowest BCUT2D eigenvalue weighted by atomic mass is 10.2. The lowest BCUT2D eigenvalue weighted by molar-refractivity contribution is 0.405. The average molecular weight is 525 g/mol. The molecule has 0 fully saturated rings. The van der Waals surface area contributed by atoms with Crippen molar-refractivity contribution in [2.75, 3.05) is 18.9 Å². The van der Waals surface area contributed by atoms with E-state index in [1.807, 2.05) is 18.2 Å². The van der Waals surface area contributed by atoms with Crippen molar-refractivity contribution >= 4 is 60.5 Å². The number of ether oxygens (including phenoxy) is 2. The zero-order valence-corrected chi connectivity index (χ0v) is 20.6. The number of nitrogens with one attached hydrogen (secondary N) is 1. The summed E-state index contributed by atoms with van der Waals surface area (Å²) in [5.41, 5.74) is 1.58. The number of aromatic nitrogens is 1. The summed E-state index contributed by atoms with van der Waals surface area (Å²) < 4.78 is 41.2. The molecule has 0 aliphatic rings. The van der Waals surface area contributed by atoms with Gasteiger partial charge >= 0.3 is 4.87 Å². The van der Waals surface area contributed by atoms with Crippen LogP contribution in [0.25, 0.3) is 10.2 Å². The summed E-state index contributed by atoms with van der Waals surface area (Å²) in [4.78, 5) is 12.4. The molecule has 4 rings (SSSR count). The molecular weight excluding hydrogens is 507 g/mol. The molecule has 0 bridgehead atoms. The number of thiazole rings is 1. The summed E-state index contributed by atoms with van der Waals surface area (Å²) in [6.07, 6.45) is 0. The Balaban J connectivity index is 1.71. The van der Waals surface area contributed by atoms with E-state index < -0.39 is 10.0 Å². The van der Waals surface area contributed by atoms with E-state index in [0.29, 0.717) is 21.0 Å². The largest absolute Gasteiger partial charge is 0.495 e. The second-order valence-corrected chi connectivity index (χ2v) is 10.5. The standard InChI is InChI=1S/C22H18Cl2N2O5S2/c1-30-19-11-17(20(31-2)10-16(19)24)25-33(28,29)14-7-8-18-21(9-14)32-22(27)26(18)12-13-5-3-4-6-15(13)23/h3-11,25H,12H2,1-2H3. The molecule has 0 atom stereocenters. The smallest absolute Gasteiger partial charge is 0.308 e. The van der Waals surface area contributed by atoms with E-state index in [1.165, 1.54) is 38.5 Å². The minimum atomic E-state index is -4.00. The van der Waals surface area contributed by atoms with E-state index in [9.17, 15) is 13.2 Å². The van der Waals surface area contributed by atoms with Crippen LogP contribution in [0, 0.1) is 0 Å². The third-order valence-electron chi connectivity index (χ3n) is 4.95.